The summed E-state index contributed by atoms with van der Waals surface area (Å²) in [5.41, 5.74) is 1.15. The summed E-state index contributed by atoms with van der Waals surface area (Å²) in [6.07, 6.45) is 1.36. The van der Waals surface area contributed by atoms with Crippen molar-refractivity contribution < 1.29 is 9.47 Å². The zero-order valence-corrected chi connectivity index (χ0v) is 10.8. The Kier molecular flexibility index (Phi) is 3.89. The van der Waals surface area contributed by atoms with Gasteiger partial charge in [0.2, 0.25) is 0 Å². The molecule has 2 unspecified atom stereocenters. The molecule has 1 aromatic rings. The number of hydrogen-bond acceptors (Lipinski definition) is 3. The van der Waals surface area contributed by atoms with Gasteiger partial charge in [-0.1, -0.05) is 6.92 Å². The molecule has 0 aromatic heterocycles. The molecule has 2 rings (SSSR count). The minimum absolute atomic E-state index is 0.837. The van der Waals surface area contributed by atoms with Gasteiger partial charge in [0.15, 0.2) is 0 Å². The van der Waals surface area contributed by atoms with Crippen LogP contribution < -0.4 is 14.8 Å². The van der Waals surface area contributed by atoms with Crippen molar-refractivity contribution in [1.82, 2.24) is 5.32 Å². The molecule has 0 saturated heterocycles. The minimum atomic E-state index is 0.837. The SMILES string of the molecule is COc1ccc(OC)c(CNCC2CC2C)c1. The van der Waals surface area contributed by atoms with E-state index < -0.39 is 0 Å². The van der Waals surface area contributed by atoms with Gasteiger partial charge < -0.3 is 14.8 Å². The summed E-state index contributed by atoms with van der Waals surface area (Å²) >= 11 is 0. The first-order chi connectivity index (χ1) is 8.24. The van der Waals surface area contributed by atoms with Gasteiger partial charge in [0, 0.05) is 12.1 Å². The van der Waals surface area contributed by atoms with Crippen molar-refractivity contribution in [3.05, 3.63) is 23.8 Å². The quantitative estimate of drug-likeness (QED) is 0.821. The molecule has 0 bridgehead atoms. The van der Waals surface area contributed by atoms with Crippen LogP contribution in [-0.2, 0) is 6.54 Å². The van der Waals surface area contributed by atoms with Gasteiger partial charge in [0.1, 0.15) is 11.5 Å². The Morgan fingerprint density at radius 3 is 2.65 bits per heavy atom. The lowest BCUT2D eigenvalue weighted by Gasteiger charge is -2.11. The second kappa shape index (κ2) is 5.41. The third-order valence-electron chi connectivity index (χ3n) is 3.49. The zero-order valence-electron chi connectivity index (χ0n) is 10.8. The average molecular weight is 235 g/mol. The van der Waals surface area contributed by atoms with Crippen LogP contribution in [-0.4, -0.2) is 20.8 Å². The van der Waals surface area contributed by atoms with E-state index in [-0.39, 0.29) is 0 Å². The highest BCUT2D eigenvalue weighted by molar-refractivity contribution is 5.40. The molecule has 1 aromatic carbocycles. The van der Waals surface area contributed by atoms with E-state index in [1.807, 2.05) is 18.2 Å². The van der Waals surface area contributed by atoms with Crippen LogP contribution in [0.2, 0.25) is 0 Å². The van der Waals surface area contributed by atoms with Gasteiger partial charge in [-0.25, -0.2) is 0 Å². The van der Waals surface area contributed by atoms with E-state index in [1.165, 1.54) is 6.42 Å². The molecule has 0 radical (unpaired) electrons. The van der Waals surface area contributed by atoms with E-state index in [2.05, 4.69) is 12.2 Å². The molecule has 1 saturated carbocycles. The lowest BCUT2D eigenvalue weighted by Crippen LogP contribution is -2.17. The van der Waals surface area contributed by atoms with E-state index in [4.69, 9.17) is 9.47 Å². The monoisotopic (exact) mass is 235 g/mol. The van der Waals surface area contributed by atoms with E-state index >= 15 is 0 Å². The Hall–Kier alpha value is -1.22. The van der Waals surface area contributed by atoms with Gasteiger partial charge in [-0.2, -0.15) is 0 Å². The Morgan fingerprint density at radius 2 is 2.06 bits per heavy atom. The molecular weight excluding hydrogens is 214 g/mol. The van der Waals surface area contributed by atoms with Crippen LogP contribution in [0.25, 0.3) is 0 Å². The van der Waals surface area contributed by atoms with Crippen molar-refractivity contribution in [2.24, 2.45) is 11.8 Å². The van der Waals surface area contributed by atoms with Gasteiger partial charge in [-0.15, -0.1) is 0 Å². The highest BCUT2D eigenvalue weighted by Gasteiger charge is 2.31. The zero-order chi connectivity index (χ0) is 12.3. The van der Waals surface area contributed by atoms with Gasteiger partial charge >= 0.3 is 0 Å². The Labute approximate surface area is 103 Å². The molecule has 1 aliphatic rings. The topological polar surface area (TPSA) is 30.5 Å². The molecular formula is C14H21NO2. The summed E-state index contributed by atoms with van der Waals surface area (Å²) in [4.78, 5) is 0. The van der Waals surface area contributed by atoms with Crippen LogP contribution in [0.3, 0.4) is 0 Å². The van der Waals surface area contributed by atoms with Crippen molar-refractivity contribution in [2.45, 2.75) is 19.9 Å². The highest BCUT2D eigenvalue weighted by atomic mass is 16.5. The number of ether oxygens (including phenoxy) is 2. The summed E-state index contributed by atoms with van der Waals surface area (Å²) in [7, 11) is 3.39. The fourth-order valence-electron chi connectivity index (χ4n) is 2.10. The summed E-state index contributed by atoms with van der Waals surface area (Å²) in [6, 6.07) is 5.91. The molecule has 1 fully saturated rings. The molecule has 0 amide bonds. The maximum Gasteiger partial charge on any atom is 0.123 e. The fraction of sp³-hybridized carbons (Fsp3) is 0.571. The van der Waals surface area contributed by atoms with Crippen LogP contribution in [0.1, 0.15) is 18.9 Å². The Balaban J connectivity index is 1.92. The number of benzene rings is 1. The predicted molar refractivity (Wildman–Crippen MR) is 68.5 cm³/mol. The second-order valence-corrected chi connectivity index (χ2v) is 4.78. The number of methoxy groups -OCH3 is 2. The van der Waals surface area contributed by atoms with E-state index in [1.54, 1.807) is 14.2 Å². The normalized spacial score (nSPS) is 22.3. The largest absolute Gasteiger partial charge is 0.497 e. The average Bonchev–Trinajstić information content (AvgIpc) is 3.05. The summed E-state index contributed by atoms with van der Waals surface area (Å²) < 4.78 is 10.6. The molecule has 1 N–H and O–H groups in total. The van der Waals surface area contributed by atoms with Crippen molar-refractivity contribution in [2.75, 3.05) is 20.8 Å². The van der Waals surface area contributed by atoms with Crippen molar-refractivity contribution >= 4 is 0 Å². The number of nitrogens with one attached hydrogen (secondary N) is 1. The second-order valence-electron chi connectivity index (χ2n) is 4.78. The minimum Gasteiger partial charge on any atom is -0.497 e. The molecule has 3 nitrogen and oxygen atoms in total. The van der Waals surface area contributed by atoms with E-state index in [0.29, 0.717) is 0 Å². The van der Waals surface area contributed by atoms with Gasteiger partial charge in [0.25, 0.3) is 0 Å². The smallest absolute Gasteiger partial charge is 0.123 e. The molecule has 94 valence electrons. The predicted octanol–water partition coefficient (Wildman–Crippen LogP) is 2.45. The molecule has 0 aliphatic heterocycles. The lowest BCUT2D eigenvalue weighted by molar-refractivity contribution is 0.396. The molecule has 2 atom stereocenters. The van der Waals surface area contributed by atoms with Crippen LogP contribution in [0.15, 0.2) is 18.2 Å². The summed E-state index contributed by atoms with van der Waals surface area (Å²) in [6.45, 7) is 4.24. The lowest BCUT2D eigenvalue weighted by atomic mass is 10.2. The van der Waals surface area contributed by atoms with E-state index in [9.17, 15) is 0 Å². The van der Waals surface area contributed by atoms with Gasteiger partial charge in [0.05, 0.1) is 14.2 Å². The Morgan fingerprint density at radius 1 is 1.29 bits per heavy atom. The van der Waals surface area contributed by atoms with Gasteiger partial charge in [-0.05, 0) is 43.0 Å². The third-order valence-corrected chi connectivity index (χ3v) is 3.49. The van der Waals surface area contributed by atoms with Crippen LogP contribution >= 0.6 is 0 Å². The summed E-state index contributed by atoms with van der Waals surface area (Å²) in [5.74, 6) is 3.56. The molecule has 1 aliphatic carbocycles. The summed E-state index contributed by atoms with van der Waals surface area (Å²) in [5, 5.41) is 3.48. The van der Waals surface area contributed by atoms with Crippen LogP contribution in [0, 0.1) is 11.8 Å². The molecule has 3 heteroatoms. The van der Waals surface area contributed by atoms with Gasteiger partial charge in [-0.3, -0.25) is 0 Å². The maximum atomic E-state index is 5.34. The first-order valence-electron chi connectivity index (χ1n) is 6.16. The molecule has 17 heavy (non-hydrogen) atoms. The van der Waals surface area contributed by atoms with Crippen molar-refractivity contribution in [1.29, 1.82) is 0 Å². The third kappa shape index (κ3) is 3.13. The first-order valence-corrected chi connectivity index (χ1v) is 6.16. The first kappa shape index (κ1) is 12.2. The maximum absolute atomic E-state index is 5.34. The standard InChI is InChI=1S/C14H21NO2/c1-10-6-11(10)8-15-9-12-7-13(16-2)4-5-14(12)17-3/h4-5,7,10-11,15H,6,8-9H2,1-3H3. The highest BCUT2D eigenvalue weighted by Crippen LogP contribution is 2.36. The van der Waals surface area contributed by atoms with Crippen LogP contribution in [0.4, 0.5) is 0 Å². The molecule has 0 spiro atoms. The van der Waals surface area contributed by atoms with Crippen LogP contribution in [0.5, 0.6) is 11.5 Å². The Bertz CT molecular complexity index is 378. The molecule has 0 heterocycles. The number of rotatable bonds is 6. The van der Waals surface area contributed by atoms with E-state index in [0.717, 1.165) is 42.0 Å². The number of hydrogen-bond donors (Lipinski definition) is 1. The van der Waals surface area contributed by atoms with Crippen molar-refractivity contribution in [3.63, 3.8) is 0 Å². The fourth-order valence-corrected chi connectivity index (χ4v) is 2.10. The van der Waals surface area contributed by atoms with Crippen molar-refractivity contribution in [3.8, 4) is 11.5 Å².